The second-order valence-corrected chi connectivity index (χ2v) is 5.05. The van der Waals surface area contributed by atoms with Crippen LogP contribution in [-0.2, 0) is 0 Å². The number of nitro benzene ring substituents is 1. The summed E-state index contributed by atoms with van der Waals surface area (Å²) in [6.45, 7) is 1.89. The van der Waals surface area contributed by atoms with Gasteiger partial charge in [0.2, 0.25) is 0 Å². The largest absolute Gasteiger partial charge is 0.467 e. The van der Waals surface area contributed by atoms with Crippen LogP contribution in [0.2, 0.25) is 0 Å². The third-order valence-electron chi connectivity index (χ3n) is 2.50. The number of benzene rings is 1. The van der Waals surface area contributed by atoms with Gasteiger partial charge in [-0.3, -0.25) is 10.1 Å². The molecule has 1 aromatic carbocycles. The summed E-state index contributed by atoms with van der Waals surface area (Å²) in [7, 11) is 0. The highest BCUT2D eigenvalue weighted by Crippen LogP contribution is 2.29. The molecule has 2 rings (SSSR count). The lowest BCUT2D eigenvalue weighted by Crippen LogP contribution is -2.07. The normalized spacial score (nSPS) is 12.1. The Hall–Kier alpha value is -1.57. The molecule has 0 saturated carbocycles. The van der Waals surface area contributed by atoms with Gasteiger partial charge in [-0.05, 0) is 53.8 Å². The van der Waals surface area contributed by atoms with Crippen molar-refractivity contribution in [3.05, 3.63) is 56.0 Å². The molecule has 94 valence electrons. The summed E-state index contributed by atoms with van der Waals surface area (Å²) in [4.78, 5) is 10.6. The molecule has 1 unspecified atom stereocenters. The van der Waals surface area contributed by atoms with Crippen molar-refractivity contribution in [2.75, 3.05) is 5.32 Å². The molecular formula is C12H11IN2O3. The molecule has 0 aliphatic heterocycles. The van der Waals surface area contributed by atoms with E-state index in [9.17, 15) is 10.1 Å². The van der Waals surface area contributed by atoms with Gasteiger partial charge in [0.1, 0.15) is 11.4 Å². The minimum absolute atomic E-state index is 0.0697. The van der Waals surface area contributed by atoms with Crippen LogP contribution in [0.4, 0.5) is 11.4 Å². The standard InChI is InChI=1S/C12H11IN2O3/c1-8(12-3-2-6-18-12)14-10-5-4-9(13)7-11(10)15(16)17/h2-8,14H,1H3. The lowest BCUT2D eigenvalue weighted by molar-refractivity contribution is -0.384. The van der Waals surface area contributed by atoms with Crippen LogP contribution in [0.1, 0.15) is 18.7 Å². The Morgan fingerprint density at radius 3 is 2.83 bits per heavy atom. The SMILES string of the molecule is CC(Nc1ccc(I)cc1[N+](=O)[O-])c1ccco1. The smallest absolute Gasteiger partial charge is 0.293 e. The number of nitrogens with zero attached hydrogens (tertiary/aromatic N) is 1. The lowest BCUT2D eigenvalue weighted by Gasteiger charge is -2.13. The van der Waals surface area contributed by atoms with Crippen molar-refractivity contribution < 1.29 is 9.34 Å². The van der Waals surface area contributed by atoms with Crippen molar-refractivity contribution in [3.63, 3.8) is 0 Å². The van der Waals surface area contributed by atoms with Crippen LogP contribution in [0.5, 0.6) is 0 Å². The molecule has 0 aliphatic carbocycles. The van der Waals surface area contributed by atoms with Crippen LogP contribution in [0, 0.1) is 13.7 Å². The van der Waals surface area contributed by atoms with E-state index in [2.05, 4.69) is 5.32 Å². The topological polar surface area (TPSA) is 68.3 Å². The molecule has 0 saturated heterocycles. The second kappa shape index (κ2) is 5.38. The highest BCUT2D eigenvalue weighted by molar-refractivity contribution is 14.1. The Balaban J connectivity index is 2.26. The average molecular weight is 358 g/mol. The molecule has 0 radical (unpaired) electrons. The Labute approximate surface area is 117 Å². The Morgan fingerprint density at radius 2 is 2.22 bits per heavy atom. The Kier molecular flexibility index (Phi) is 3.85. The van der Waals surface area contributed by atoms with E-state index in [-0.39, 0.29) is 16.7 Å². The number of nitrogens with one attached hydrogen (secondary N) is 1. The highest BCUT2D eigenvalue weighted by Gasteiger charge is 2.17. The molecule has 0 amide bonds. The number of hydrogen-bond donors (Lipinski definition) is 1. The maximum absolute atomic E-state index is 11.0. The Bertz CT molecular complexity index is 554. The quantitative estimate of drug-likeness (QED) is 0.510. The monoisotopic (exact) mass is 358 g/mol. The molecule has 0 fully saturated rings. The van der Waals surface area contributed by atoms with Crippen molar-refractivity contribution in [2.45, 2.75) is 13.0 Å². The zero-order valence-corrected chi connectivity index (χ0v) is 11.7. The fraction of sp³-hybridized carbons (Fsp3) is 0.167. The summed E-state index contributed by atoms with van der Waals surface area (Å²) >= 11 is 2.05. The van der Waals surface area contributed by atoms with E-state index in [0.29, 0.717) is 5.69 Å². The van der Waals surface area contributed by atoms with Crippen molar-refractivity contribution in [3.8, 4) is 0 Å². The van der Waals surface area contributed by atoms with Gasteiger partial charge in [0.05, 0.1) is 17.2 Å². The molecule has 0 bridgehead atoms. The van der Waals surface area contributed by atoms with Gasteiger partial charge in [-0.15, -0.1) is 0 Å². The summed E-state index contributed by atoms with van der Waals surface area (Å²) in [5, 5.41) is 14.1. The zero-order chi connectivity index (χ0) is 13.1. The summed E-state index contributed by atoms with van der Waals surface area (Å²) < 4.78 is 6.09. The van der Waals surface area contributed by atoms with Crippen LogP contribution in [0.15, 0.2) is 41.0 Å². The predicted octanol–water partition coefficient (Wildman–Crippen LogP) is 3.97. The van der Waals surface area contributed by atoms with Crippen LogP contribution >= 0.6 is 22.6 Å². The van der Waals surface area contributed by atoms with Gasteiger partial charge in [0.25, 0.3) is 5.69 Å². The van der Waals surface area contributed by atoms with Gasteiger partial charge in [-0.1, -0.05) is 0 Å². The third kappa shape index (κ3) is 2.81. The van der Waals surface area contributed by atoms with E-state index in [1.165, 1.54) is 6.07 Å². The van der Waals surface area contributed by atoms with E-state index in [1.807, 2.05) is 41.6 Å². The summed E-state index contributed by atoms with van der Waals surface area (Å²) in [5.74, 6) is 0.739. The first kappa shape index (κ1) is 12.9. The van der Waals surface area contributed by atoms with Crippen LogP contribution in [0.25, 0.3) is 0 Å². The molecule has 1 atom stereocenters. The summed E-state index contributed by atoms with van der Waals surface area (Å²) in [5.41, 5.74) is 0.560. The lowest BCUT2D eigenvalue weighted by atomic mass is 10.2. The number of nitro groups is 1. The molecule has 18 heavy (non-hydrogen) atoms. The highest BCUT2D eigenvalue weighted by atomic mass is 127. The van der Waals surface area contributed by atoms with Crippen LogP contribution < -0.4 is 5.32 Å². The maximum Gasteiger partial charge on any atom is 0.293 e. The van der Waals surface area contributed by atoms with E-state index in [1.54, 1.807) is 18.4 Å². The predicted molar refractivity (Wildman–Crippen MR) is 76.6 cm³/mol. The number of hydrogen-bond acceptors (Lipinski definition) is 4. The first-order valence-electron chi connectivity index (χ1n) is 5.32. The summed E-state index contributed by atoms with van der Waals surface area (Å²) in [6.07, 6.45) is 1.58. The average Bonchev–Trinajstić information content (AvgIpc) is 2.84. The number of furan rings is 1. The minimum Gasteiger partial charge on any atom is -0.467 e. The minimum atomic E-state index is -0.390. The molecule has 1 aromatic heterocycles. The van der Waals surface area contributed by atoms with Crippen molar-refractivity contribution in [1.29, 1.82) is 0 Å². The number of anilines is 1. The first-order valence-corrected chi connectivity index (χ1v) is 6.39. The van der Waals surface area contributed by atoms with E-state index in [0.717, 1.165) is 9.33 Å². The number of rotatable bonds is 4. The van der Waals surface area contributed by atoms with E-state index >= 15 is 0 Å². The van der Waals surface area contributed by atoms with Crippen molar-refractivity contribution in [1.82, 2.24) is 0 Å². The first-order chi connectivity index (χ1) is 8.58. The fourth-order valence-electron chi connectivity index (χ4n) is 1.62. The Morgan fingerprint density at radius 1 is 1.44 bits per heavy atom. The third-order valence-corrected chi connectivity index (χ3v) is 3.17. The van der Waals surface area contributed by atoms with Gasteiger partial charge in [0, 0.05) is 9.64 Å². The van der Waals surface area contributed by atoms with Crippen LogP contribution in [-0.4, -0.2) is 4.92 Å². The van der Waals surface area contributed by atoms with Gasteiger partial charge < -0.3 is 9.73 Å². The zero-order valence-electron chi connectivity index (χ0n) is 9.59. The molecule has 5 nitrogen and oxygen atoms in total. The molecular weight excluding hydrogens is 347 g/mol. The molecule has 2 aromatic rings. The summed E-state index contributed by atoms with van der Waals surface area (Å²) in [6, 6.07) is 8.56. The number of halogens is 1. The van der Waals surface area contributed by atoms with E-state index < -0.39 is 0 Å². The van der Waals surface area contributed by atoms with Crippen LogP contribution in [0.3, 0.4) is 0 Å². The molecule has 1 heterocycles. The fourth-order valence-corrected chi connectivity index (χ4v) is 2.09. The molecule has 1 N–H and O–H groups in total. The van der Waals surface area contributed by atoms with Crippen molar-refractivity contribution >= 4 is 34.0 Å². The molecule has 6 heteroatoms. The van der Waals surface area contributed by atoms with Gasteiger partial charge >= 0.3 is 0 Å². The second-order valence-electron chi connectivity index (χ2n) is 3.80. The molecule has 0 spiro atoms. The maximum atomic E-state index is 11.0. The van der Waals surface area contributed by atoms with E-state index in [4.69, 9.17) is 4.42 Å². The van der Waals surface area contributed by atoms with Gasteiger partial charge in [0.15, 0.2) is 0 Å². The van der Waals surface area contributed by atoms with Gasteiger partial charge in [-0.25, -0.2) is 0 Å². The van der Waals surface area contributed by atoms with Gasteiger partial charge in [-0.2, -0.15) is 0 Å². The van der Waals surface area contributed by atoms with Crippen molar-refractivity contribution in [2.24, 2.45) is 0 Å². The molecule has 0 aliphatic rings.